The zero-order chi connectivity index (χ0) is 28.5. The van der Waals surface area contributed by atoms with Crippen LogP contribution in [0.15, 0.2) is 41.3 Å². The minimum absolute atomic E-state index is 0.119. The van der Waals surface area contributed by atoms with Gasteiger partial charge < -0.3 is 9.64 Å². The summed E-state index contributed by atoms with van der Waals surface area (Å²) in [5.74, 6) is -0.194. The molecule has 0 unspecified atom stereocenters. The van der Waals surface area contributed by atoms with Gasteiger partial charge in [-0.3, -0.25) is 14.9 Å². The molecule has 1 N–H and O–H groups in total. The van der Waals surface area contributed by atoms with Gasteiger partial charge >= 0.3 is 0 Å². The van der Waals surface area contributed by atoms with Gasteiger partial charge in [-0.2, -0.15) is 9.78 Å². The molecule has 1 aromatic heterocycles. The maximum absolute atomic E-state index is 13.4. The van der Waals surface area contributed by atoms with Crippen LogP contribution in [0.25, 0.3) is 5.69 Å². The lowest BCUT2D eigenvalue weighted by atomic mass is 10.1. The quantitative estimate of drug-likeness (QED) is 0.295. The van der Waals surface area contributed by atoms with Crippen molar-refractivity contribution in [2.75, 3.05) is 13.1 Å². The molecule has 1 atom stereocenters. The van der Waals surface area contributed by atoms with Crippen molar-refractivity contribution in [1.82, 2.24) is 19.4 Å². The van der Waals surface area contributed by atoms with E-state index in [9.17, 15) is 23.3 Å². The molecule has 0 aliphatic carbocycles. The van der Waals surface area contributed by atoms with E-state index in [1.54, 1.807) is 18.7 Å². The van der Waals surface area contributed by atoms with Gasteiger partial charge in [0.05, 0.1) is 10.6 Å². The van der Waals surface area contributed by atoms with E-state index < -0.39 is 26.7 Å². The summed E-state index contributed by atoms with van der Waals surface area (Å²) in [5.41, 5.74) is 2.81. The van der Waals surface area contributed by atoms with Crippen LogP contribution in [0.5, 0.6) is 11.6 Å². The van der Waals surface area contributed by atoms with E-state index in [0.29, 0.717) is 30.8 Å². The van der Waals surface area contributed by atoms with E-state index in [0.717, 1.165) is 30.0 Å². The molecule has 0 bridgehead atoms. The number of nitro groups is 1. The molecular weight excluding hydrogens is 522 g/mol. The van der Waals surface area contributed by atoms with Crippen LogP contribution in [0.4, 0.5) is 5.69 Å². The Morgan fingerprint density at radius 1 is 1.15 bits per heavy atom. The molecule has 12 heteroatoms. The molecule has 11 nitrogen and oxygen atoms in total. The first-order valence-electron chi connectivity index (χ1n) is 12.9. The molecule has 1 fully saturated rings. The van der Waals surface area contributed by atoms with Crippen LogP contribution in [-0.4, -0.2) is 53.1 Å². The lowest BCUT2D eigenvalue weighted by Crippen LogP contribution is -2.32. The van der Waals surface area contributed by atoms with Crippen molar-refractivity contribution in [3.63, 3.8) is 0 Å². The zero-order valence-electron chi connectivity index (χ0n) is 22.7. The van der Waals surface area contributed by atoms with E-state index in [-0.39, 0.29) is 28.1 Å². The Balaban J connectivity index is 1.90. The standard InChI is InChI=1S/C27H33N5O6S/c1-6-18(3)29-39(36,37)24-16-21(32(34)35)12-13-23(24)38-27-20(5)25(26(33)30-14-7-8-15-30)28-31(27)22-11-9-10-17(2)19(22)4/h9-13,16,18,29H,6-8,14-15H2,1-5H3/t18-/m0/s1. The molecule has 4 rings (SSSR count). The van der Waals surface area contributed by atoms with Crippen molar-refractivity contribution in [2.45, 2.75) is 64.8 Å². The van der Waals surface area contributed by atoms with Crippen molar-refractivity contribution in [3.05, 3.63) is 68.9 Å². The minimum atomic E-state index is -4.19. The molecule has 1 amide bonds. The first kappa shape index (κ1) is 28.2. The lowest BCUT2D eigenvalue weighted by molar-refractivity contribution is -0.385. The van der Waals surface area contributed by atoms with Gasteiger partial charge in [0, 0.05) is 36.8 Å². The average Bonchev–Trinajstić information content (AvgIpc) is 3.54. The van der Waals surface area contributed by atoms with Gasteiger partial charge in [-0.25, -0.2) is 13.1 Å². The zero-order valence-corrected chi connectivity index (χ0v) is 23.5. The van der Waals surface area contributed by atoms with Crippen LogP contribution in [0.3, 0.4) is 0 Å². The number of rotatable bonds is 9. The number of hydrogen-bond acceptors (Lipinski definition) is 7. The molecule has 0 saturated carbocycles. The Morgan fingerprint density at radius 2 is 1.85 bits per heavy atom. The van der Waals surface area contributed by atoms with Gasteiger partial charge in [0.15, 0.2) is 5.69 Å². The minimum Gasteiger partial charge on any atom is -0.437 e. The summed E-state index contributed by atoms with van der Waals surface area (Å²) < 4.78 is 36.9. The Morgan fingerprint density at radius 3 is 2.49 bits per heavy atom. The third-order valence-electron chi connectivity index (χ3n) is 7.07. The van der Waals surface area contributed by atoms with Gasteiger partial charge in [-0.05, 0) is 70.2 Å². The number of aromatic nitrogens is 2. The Hall–Kier alpha value is -3.77. The van der Waals surface area contributed by atoms with Crippen LogP contribution in [0, 0.1) is 30.9 Å². The van der Waals surface area contributed by atoms with Crippen molar-refractivity contribution < 1.29 is 22.9 Å². The largest absolute Gasteiger partial charge is 0.437 e. The number of non-ortho nitro benzene ring substituents is 1. The van der Waals surface area contributed by atoms with Crippen molar-refractivity contribution in [2.24, 2.45) is 0 Å². The number of aryl methyl sites for hydroxylation is 1. The predicted molar refractivity (Wildman–Crippen MR) is 146 cm³/mol. The van der Waals surface area contributed by atoms with E-state index in [4.69, 9.17) is 4.74 Å². The van der Waals surface area contributed by atoms with Crippen LogP contribution in [0.2, 0.25) is 0 Å². The third-order valence-corrected chi connectivity index (χ3v) is 8.68. The number of sulfonamides is 1. The number of likely N-dealkylation sites (tertiary alicyclic amines) is 1. The highest BCUT2D eigenvalue weighted by Crippen LogP contribution is 2.37. The van der Waals surface area contributed by atoms with Crippen molar-refractivity contribution >= 4 is 21.6 Å². The van der Waals surface area contributed by atoms with Crippen LogP contribution >= 0.6 is 0 Å². The average molecular weight is 556 g/mol. The molecule has 1 aliphatic rings. The van der Waals surface area contributed by atoms with Gasteiger partial charge in [0.1, 0.15) is 10.6 Å². The fraction of sp³-hybridized carbons (Fsp3) is 0.407. The first-order chi connectivity index (χ1) is 18.4. The number of carbonyl (C=O) groups excluding carboxylic acids is 1. The van der Waals surface area contributed by atoms with Crippen LogP contribution in [0.1, 0.15) is 60.3 Å². The number of amides is 1. The van der Waals surface area contributed by atoms with E-state index in [1.807, 2.05) is 39.0 Å². The second kappa shape index (κ2) is 11.1. The summed E-state index contributed by atoms with van der Waals surface area (Å²) in [6.07, 6.45) is 2.35. The van der Waals surface area contributed by atoms with Gasteiger partial charge in [-0.1, -0.05) is 19.1 Å². The summed E-state index contributed by atoms with van der Waals surface area (Å²) in [7, 11) is -4.19. The summed E-state index contributed by atoms with van der Waals surface area (Å²) in [4.78, 5) is 25.6. The summed E-state index contributed by atoms with van der Waals surface area (Å²) in [6.45, 7) is 10.4. The first-order valence-corrected chi connectivity index (χ1v) is 14.4. The van der Waals surface area contributed by atoms with Gasteiger partial charge in [0.2, 0.25) is 15.9 Å². The fourth-order valence-corrected chi connectivity index (χ4v) is 5.90. The fourth-order valence-electron chi connectivity index (χ4n) is 4.42. The summed E-state index contributed by atoms with van der Waals surface area (Å²) in [6, 6.07) is 8.65. The molecule has 1 aliphatic heterocycles. The molecule has 39 heavy (non-hydrogen) atoms. The molecule has 2 aromatic carbocycles. The van der Waals surface area contributed by atoms with Crippen molar-refractivity contribution in [1.29, 1.82) is 0 Å². The molecule has 2 heterocycles. The number of hydrogen-bond donors (Lipinski definition) is 1. The third kappa shape index (κ3) is 5.66. The highest BCUT2D eigenvalue weighted by atomic mass is 32.2. The highest BCUT2D eigenvalue weighted by molar-refractivity contribution is 7.89. The second-order valence-corrected chi connectivity index (χ2v) is 11.5. The van der Waals surface area contributed by atoms with E-state index >= 15 is 0 Å². The highest BCUT2D eigenvalue weighted by Gasteiger charge is 2.31. The number of carbonyl (C=O) groups is 1. The topological polar surface area (TPSA) is 137 Å². The van der Waals surface area contributed by atoms with Crippen LogP contribution < -0.4 is 9.46 Å². The smallest absolute Gasteiger partial charge is 0.274 e. The van der Waals surface area contributed by atoms with Crippen LogP contribution in [-0.2, 0) is 10.0 Å². The van der Waals surface area contributed by atoms with Gasteiger partial charge in [0.25, 0.3) is 11.6 Å². The monoisotopic (exact) mass is 555 g/mol. The number of nitrogens with one attached hydrogen (secondary N) is 1. The Bertz CT molecular complexity index is 1530. The molecular formula is C27H33N5O6S. The normalized spacial score (nSPS) is 14.4. The van der Waals surface area contributed by atoms with Crippen molar-refractivity contribution in [3.8, 4) is 17.3 Å². The molecule has 0 radical (unpaired) electrons. The Labute approximate surface area is 228 Å². The molecule has 1 saturated heterocycles. The SMILES string of the molecule is CC[C@H](C)NS(=O)(=O)c1cc([N+](=O)[O-])ccc1Oc1c(C)c(C(=O)N2CCCC2)nn1-c1cccc(C)c1C. The summed E-state index contributed by atoms with van der Waals surface area (Å²) in [5, 5.41) is 16.1. The van der Waals surface area contributed by atoms with Gasteiger partial charge in [-0.15, -0.1) is 0 Å². The molecule has 208 valence electrons. The number of nitro benzene ring substituents is 1. The van der Waals surface area contributed by atoms with E-state index in [1.165, 1.54) is 16.8 Å². The maximum Gasteiger partial charge on any atom is 0.274 e. The number of nitrogens with zero attached hydrogens (tertiary/aromatic N) is 4. The predicted octanol–water partition coefficient (Wildman–Crippen LogP) is 4.81. The maximum atomic E-state index is 13.4. The number of ether oxygens (including phenoxy) is 1. The Kier molecular flexibility index (Phi) is 8.07. The summed E-state index contributed by atoms with van der Waals surface area (Å²) >= 11 is 0. The number of benzene rings is 2. The second-order valence-electron chi connectivity index (χ2n) is 9.83. The molecule has 3 aromatic rings. The lowest BCUT2D eigenvalue weighted by Gasteiger charge is -2.17. The molecule has 0 spiro atoms. The van der Waals surface area contributed by atoms with E-state index in [2.05, 4.69) is 9.82 Å².